The molecular weight excluding hydrogens is 214 g/mol. The quantitative estimate of drug-likeness (QED) is 0.502. The van der Waals surface area contributed by atoms with Gasteiger partial charge in [-0.15, -0.1) is 0 Å². The minimum Gasteiger partial charge on any atom is -0.391 e. The first-order chi connectivity index (χ1) is 7.54. The third-order valence-corrected chi connectivity index (χ3v) is 1.98. The molecule has 0 fully saturated rings. The molecule has 1 aromatic rings. The predicted molar refractivity (Wildman–Crippen MR) is 55.4 cm³/mol. The van der Waals surface area contributed by atoms with E-state index in [2.05, 4.69) is 5.32 Å². The highest BCUT2D eigenvalue weighted by Crippen LogP contribution is 2.20. The first-order valence-electron chi connectivity index (χ1n) is 4.45. The number of carbonyl (C=O) groups is 1. The Morgan fingerprint density at radius 1 is 1.56 bits per heavy atom. The fraction of sp³-hybridized carbons (Fsp3) is 0.222. The molecule has 0 bridgehead atoms. The van der Waals surface area contributed by atoms with E-state index in [1.165, 1.54) is 12.1 Å². The van der Waals surface area contributed by atoms with Crippen molar-refractivity contribution in [2.24, 2.45) is 5.73 Å². The van der Waals surface area contributed by atoms with Gasteiger partial charge < -0.3 is 16.2 Å². The van der Waals surface area contributed by atoms with Crippen molar-refractivity contribution < 1.29 is 14.8 Å². The maximum Gasteiger partial charge on any atom is 0.312 e. The maximum atomic E-state index is 10.7. The Kier molecular flexibility index (Phi) is 3.78. The molecule has 1 rings (SSSR count). The number of carbonyl (C=O) groups excluding carboxylic acids is 1. The van der Waals surface area contributed by atoms with E-state index in [1.54, 1.807) is 6.07 Å². The molecule has 2 amide bonds. The number of primary amides is 1. The third kappa shape index (κ3) is 2.92. The Bertz CT molecular complexity index is 419. The number of hydrogen-bond donors (Lipinski definition) is 3. The van der Waals surface area contributed by atoms with Crippen LogP contribution in [0.4, 0.5) is 10.5 Å². The van der Waals surface area contributed by atoms with Gasteiger partial charge in [0, 0.05) is 12.6 Å². The summed E-state index contributed by atoms with van der Waals surface area (Å²) in [5, 5.41) is 21.9. The number of urea groups is 1. The number of aliphatic hydroxyl groups is 1. The lowest BCUT2D eigenvalue weighted by Gasteiger charge is -2.04. The lowest BCUT2D eigenvalue weighted by molar-refractivity contribution is -0.385. The monoisotopic (exact) mass is 225 g/mol. The van der Waals surface area contributed by atoms with Crippen molar-refractivity contribution in [2.75, 3.05) is 0 Å². The van der Waals surface area contributed by atoms with E-state index in [-0.39, 0.29) is 17.8 Å². The second kappa shape index (κ2) is 5.08. The highest BCUT2D eigenvalue weighted by molar-refractivity contribution is 5.71. The van der Waals surface area contributed by atoms with Gasteiger partial charge in [0.05, 0.1) is 17.1 Å². The van der Waals surface area contributed by atoms with Gasteiger partial charge in [-0.05, 0) is 11.6 Å². The summed E-state index contributed by atoms with van der Waals surface area (Å²) < 4.78 is 0. The predicted octanol–water partition coefficient (Wildman–Crippen LogP) is 0.255. The Balaban J connectivity index is 2.93. The van der Waals surface area contributed by atoms with Crippen LogP contribution in [-0.2, 0) is 13.2 Å². The summed E-state index contributed by atoms with van der Waals surface area (Å²) in [6, 6.07) is 3.61. The fourth-order valence-electron chi connectivity index (χ4n) is 1.21. The number of nitrogens with one attached hydrogen (secondary N) is 1. The fourth-order valence-corrected chi connectivity index (χ4v) is 1.21. The molecule has 0 aliphatic heterocycles. The normalized spacial score (nSPS) is 9.81. The molecule has 0 spiro atoms. The van der Waals surface area contributed by atoms with Crippen LogP contribution in [0, 0.1) is 10.1 Å². The largest absolute Gasteiger partial charge is 0.391 e. The number of nitrogens with zero attached hydrogens (tertiary/aromatic N) is 1. The van der Waals surface area contributed by atoms with Crippen molar-refractivity contribution in [3.05, 3.63) is 39.4 Å². The number of aliphatic hydroxyl groups excluding tert-OH is 1. The molecule has 0 aromatic heterocycles. The first-order valence-corrected chi connectivity index (χ1v) is 4.45. The Morgan fingerprint density at radius 2 is 2.25 bits per heavy atom. The highest BCUT2D eigenvalue weighted by atomic mass is 16.6. The summed E-state index contributed by atoms with van der Waals surface area (Å²) in [6.07, 6.45) is 0. The lowest BCUT2D eigenvalue weighted by atomic mass is 10.1. The molecule has 0 aliphatic rings. The van der Waals surface area contributed by atoms with Crippen molar-refractivity contribution in [3.8, 4) is 0 Å². The highest BCUT2D eigenvalue weighted by Gasteiger charge is 2.13. The van der Waals surface area contributed by atoms with Gasteiger partial charge in [0.1, 0.15) is 0 Å². The topological polar surface area (TPSA) is 118 Å². The summed E-state index contributed by atoms with van der Waals surface area (Å²) in [5.74, 6) is 0. The summed E-state index contributed by atoms with van der Waals surface area (Å²) >= 11 is 0. The zero-order chi connectivity index (χ0) is 12.1. The van der Waals surface area contributed by atoms with Crippen molar-refractivity contribution in [3.63, 3.8) is 0 Å². The van der Waals surface area contributed by atoms with Gasteiger partial charge in [0.2, 0.25) is 0 Å². The lowest BCUT2D eigenvalue weighted by Crippen LogP contribution is -2.28. The summed E-state index contributed by atoms with van der Waals surface area (Å²) in [5.41, 5.74) is 5.47. The van der Waals surface area contributed by atoms with Crippen LogP contribution in [0.5, 0.6) is 0 Å². The van der Waals surface area contributed by atoms with E-state index in [9.17, 15) is 14.9 Å². The number of hydrogen-bond acceptors (Lipinski definition) is 4. The Morgan fingerprint density at radius 3 is 2.75 bits per heavy atom. The zero-order valence-corrected chi connectivity index (χ0v) is 8.34. The molecule has 0 radical (unpaired) electrons. The molecule has 7 nitrogen and oxygen atoms in total. The van der Waals surface area contributed by atoms with Crippen LogP contribution in [0.15, 0.2) is 18.2 Å². The minimum absolute atomic E-state index is 0.113. The Labute approximate surface area is 91.0 Å². The smallest absolute Gasteiger partial charge is 0.312 e. The third-order valence-electron chi connectivity index (χ3n) is 1.98. The van der Waals surface area contributed by atoms with Crippen LogP contribution in [-0.4, -0.2) is 16.1 Å². The van der Waals surface area contributed by atoms with Crippen LogP contribution in [0.2, 0.25) is 0 Å². The van der Waals surface area contributed by atoms with Crippen molar-refractivity contribution in [1.82, 2.24) is 5.32 Å². The zero-order valence-electron chi connectivity index (χ0n) is 8.34. The number of amides is 2. The van der Waals surface area contributed by atoms with Crippen LogP contribution >= 0.6 is 0 Å². The molecule has 0 saturated carbocycles. The molecule has 0 atom stereocenters. The Hall–Kier alpha value is -2.15. The molecular formula is C9H11N3O4. The van der Waals surface area contributed by atoms with Gasteiger partial charge in [-0.1, -0.05) is 6.07 Å². The second-order valence-electron chi connectivity index (χ2n) is 3.10. The number of nitrogens with two attached hydrogens (primary N) is 1. The summed E-state index contributed by atoms with van der Waals surface area (Å²) in [4.78, 5) is 20.5. The molecule has 86 valence electrons. The molecule has 1 aromatic carbocycles. The molecule has 0 heterocycles. The van der Waals surface area contributed by atoms with E-state index < -0.39 is 17.6 Å². The van der Waals surface area contributed by atoms with Crippen molar-refractivity contribution in [2.45, 2.75) is 13.2 Å². The average Bonchev–Trinajstić information content (AvgIpc) is 2.25. The van der Waals surface area contributed by atoms with Crippen LogP contribution in [0.1, 0.15) is 11.1 Å². The van der Waals surface area contributed by atoms with Gasteiger partial charge in [-0.25, -0.2) is 4.79 Å². The van der Waals surface area contributed by atoms with Crippen molar-refractivity contribution in [1.29, 1.82) is 0 Å². The van der Waals surface area contributed by atoms with Gasteiger partial charge in [-0.2, -0.15) is 0 Å². The first kappa shape index (κ1) is 11.9. The van der Waals surface area contributed by atoms with E-state index >= 15 is 0 Å². The van der Waals surface area contributed by atoms with Crippen LogP contribution in [0.3, 0.4) is 0 Å². The molecule has 0 saturated heterocycles. The molecule has 0 aliphatic carbocycles. The van der Waals surface area contributed by atoms with Crippen LogP contribution < -0.4 is 11.1 Å². The van der Waals surface area contributed by atoms with Gasteiger partial charge in [0.25, 0.3) is 5.69 Å². The van der Waals surface area contributed by atoms with Gasteiger partial charge >= 0.3 is 6.03 Å². The number of nitro groups is 1. The van der Waals surface area contributed by atoms with Gasteiger partial charge in [0.15, 0.2) is 0 Å². The molecule has 7 heteroatoms. The molecule has 16 heavy (non-hydrogen) atoms. The van der Waals surface area contributed by atoms with E-state index in [0.29, 0.717) is 5.56 Å². The minimum atomic E-state index is -0.700. The van der Waals surface area contributed by atoms with Gasteiger partial charge in [-0.3, -0.25) is 10.1 Å². The van der Waals surface area contributed by atoms with E-state index in [1.807, 2.05) is 0 Å². The number of benzene rings is 1. The van der Waals surface area contributed by atoms with E-state index in [0.717, 1.165) is 0 Å². The van der Waals surface area contributed by atoms with Crippen LogP contribution in [0.25, 0.3) is 0 Å². The summed E-state index contributed by atoms with van der Waals surface area (Å²) in [7, 11) is 0. The molecule has 0 unspecified atom stereocenters. The number of nitro benzene ring substituents is 1. The standard InChI is InChI=1S/C9H11N3O4/c10-9(14)11-4-6-1-2-7(5-13)8(3-6)12(15)16/h1-3,13H,4-5H2,(H3,10,11,14). The molecule has 4 N–H and O–H groups in total. The SMILES string of the molecule is NC(=O)NCc1ccc(CO)c([N+](=O)[O-])c1. The van der Waals surface area contributed by atoms with Crippen molar-refractivity contribution >= 4 is 11.7 Å². The second-order valence-corrected chi connectivity index (χ2v) is 3.10. The summed E-state index contributed by atoms with van der Waals surface area (Å²) in [6.45, 7) is -0.290. The van der Waals surface area contributed by atoms with E-state index in [4.69, 9.17) is 10.8 Å². The number of rotatable bonds is 4. The maximum absolute atomic E-state index is 10.7. The average molecular weight is 225 g/mol.